The summed E-state index contributed by atoms with van der Waals surface area (Å²) in [6.07, 6.45) is 17.0. The number of aromatic nitrogens is 9. The predicted octanol–water partition coefficient (Wildman–Crippen LogP) is 12.6. The van der Waals surface area contributed by atoms with Gasteiger partial charge in [0.05, 0.1) is 111 Å². The van der Waals surface area contributed by atoms with Crippen molar-refractivity contribution in [2.24, 2.45) is 0 Å². The first-order chi connectivity index (χ1) is 55.6. The van der Waals surface area contributed by atoms with Gasteiger partial charge in [-0.25, -0.2) is 43.1 Å². The summed E-state index contributed by atoms with van der Waals surface area (Å²) in [6.45, 7) is 4.97. The third-order valence-corrected chi connectivity index (χ3v) is 22.4. The molecule has 12 aromatic rings. The minimum atomic E-state index is -0.354. The highest BCUT2D eigenvalue weighted by Gasteiger charge is 2.35. The zero-order valence-corrected chi connectivity index (χ0v) is 65.6. The van der Waals surface area contributed by atoms with E-state index in [1.165, 1.54) is 47.5 Å². The van der Waals surface area contributed by atoms with Gasteiger partial charge in [-0.2, -0.15) is 0 Å². The van der Waals surface area contributed by atoms with E-state index in [0.29, 0.717) is 131 Å². The van der Waals surface area contributed by atoms with Gasteiger partial charge in [-0.05, 0) is 181 Å². The third kappa shape index (κ3) is 15.8. The molecule has 3 aromatic carbocycles. The van der Waals surface area contributed by atoms with Crippen molar-refractivity contribution in [3.05, 3.63) is 225 Å². The molecule has 115 heavy (non-hydrogen) atoms. The molecule has 0 radical (unpaired) electrons. The molecule has 1 unspecified atom stereocenters. The molecule has 9 aromatic heterocycles. The Bertz CT molecular complexity index is 5550. The number of nitrogens with zero attached hydrogens (tertiary/aromatic N) is 14. The molecule has 6 aliphatic rings. The molecule has 6 N–H and O–H groups in total. The Hall–Kier alpha value is -12.2. The number of pyridine rings is 6. The average Bonchev–Trinajstić information content (AvgIpc) is 1.60. The van der Waals surface area contributed by atoms with Crippen LogP contribution in [0.25, 0.3) is 50.7 Å². The summed E-state index contributed by atoms with van der Waals surface area (Å²) < 4.78 is 57.8. The van der Waals surface area contributed by atoms with Crippen molar-refractivity contribution < 1.29 is 41.8 Å². The number of hydrogen-bond donors (Lipinski definition) is 6. The number of methoxy groups -OCH3 is 2. The fourth-order valence-corrected chi connectivity index (χ4v) is 16.8. The number of imidazole rings is 3. The summed E-state index contributed by atoms with van der Waals surface area (Å²) in [7, 11) is 17.5. The zero-order chi connectivity index (χ0) is 80.0. The van der Waals surface area contributed by atoms with E-state index in [2.05, 4.69) is 73.7 Å². The SMILES string of the molecule is CN(C)Cc1nc(Nc2ccc(-c3cnc4cc(F)ccn34)c3c2C(=O)NC3)ccc1N1CCN(C)C(=O)C1.CO[C@@H]1CC[C@@H](c2ccc(Nc3ccc(-c4cnc5cc(F)ccn45)c4c3C(=O)NC4)nc2CN(C)C)C1.CO[C@H]1CCC(c2ccc(Nc3ccc(-c4cnc5cc(F)ccn45)c4c3C(=O)NC4)nc2CN(C)C)C1. The number of carbonyl (C=O) groups is 4. The molecule has 0 spiro atoms. The highest BCUT2D eigenvalue weighted by atomic mass is 19.1. The van der Waals surface area contributed by atoms with Crippen molar-refractivity contribution in [3.63, 3.8) is 0 Å². The van der Waals surface area contributed by atoms with Gasteiger partial charge in [0, 0.05) is 127 Å². The van der Waals surface area contributed by atoms with E-state index in [1.807, 2.05) is 128 Å². The van der Waals surface area contributed by atoms with Crippen LogP contribution in [0.2, 0.25) is 0 Å². The van der Waals surface area contributed by atoms with Crippen LogP contribution in [0.1, 0.15) is 126 Å². The number of piperazine rings is 1. The maximum Gasteiger partial charge on any atom is 0.254 e. The number of carbonyl (C=O) groups excluding carboxylic acids is 4. The van der Waals surface area contributed by atoms with Gasteiger partial charge >= 0.3 is 0 Å². The number of nitrogens with one attached hydrogen (secondary N) is 6. The summed E-state index contributed by atoms with van der Waals surface area (Å²) in [4.78, 5) is 89.2. The quantitative estimate of drug-likeness (QED) is 0.0414. The number of halogens is 3. The van der Waals surface area contributed by atoms with Gasteiger partial charge in [0.15, 0.2) is 0 Å². The molecule has 4 atom stereocenters. The normalized spacial score (nSPS) is 17.6. The van der Waals surface area contributed by atoms with E-state index < -0.39 is 0 Å². The Morgan fingerprint density at radius 2 is 0.826 bits per heavy atom. The second kappa shape index (κ2) is 32.4. The first-order valence-corrected chi connectivity index (χ1v) is 38.6. The Labute approximate surface area is 663 Å². The molecule has 29 heteroatoms. The molecule has 2 saturated carbocycles. The van der Waals surface area contributed by atoms with E-state index >= 15 is 0 Å². The van der Waals surface area contributed by atoms with Crippen molar-refractivity contribution >= 4 is 80.8 Å². The van der Waals surface area contributed by atoms with Crippen LogP contribution >= 0.6 is 0 Å². The average molecular weight is 1560 g/mol. The van der Waals surface area contributed by atoms with Crippen LogP contribution in [0.5, 0.6) is 0 Å². The number of anilines is 7. The van der Waals surface area contributed by atoms with Gasteiger partial charge in [0.2, 0.25) is 5.91 Å². The lowest BCUT2D eigenvalue weighted by atomic mass is 9.95. The van der Waals surface area contributed by atoms with Crippen LogP contribution in [-0.4, -0.2) is 182 Å². The number of benzene rings is 3. The minimum Gasteiger partial charge on any atom is -0.381 e. The Kier molecular flexibility index (Phi) is 21.6. The van der Waals surface area contributed by atoms with Gasteiger partial charge in [0.25, 0.3) is 17.7 Å². The van der Waals surface area contributed by atoms with Crippen LogP contribution in [0, 0.1) is 17.5 Å². The van der Waals surface area contributed by atoms with Crippen molar-refractivity contribution in [3.8, 4) is 33.8 Å². The second-order valence-corrected chi connectivity index (χ2v) is 30.9. The molecular formula is C86H91F3N20O6. The van der Waals surface area contributed by atoms with Gasteiger partial charge in [-0.1, -0.05) is 30.3 Å². The van der Waals surface area contributed by atoms with E-state index in [9.17, 15) is 32.3 Å². The Morgan fingerprint density at radius 1 is 0.461 bits per heavy atom. The lowest BCUT2D eigenvalue weighted by molar-refractivity contribution is -0.129. The lowest BCUT2D eigenvalue weighted by Gasteiger charge is -2.34. The largest absolute Gasteiger partial charge is 0.381 e. The summed E-state index contributed by atoms with van der Waals surface area (Å²) in [5, 5.41) is 19.0. The molecule has 592 valence electrons. The van der Waals surface area contributed by atoms with Crippen LogP contribution < -0.4 is 36.8 Å². The van der Waals surface area contributed by atoms with E-state index in [-0.39, 0.29) is 41.1 Å². The van der Waals surface area contributed by atoms with E-state index in [1.54, 1.807) is 56.3 Å². The first kappa shape index (κ1) is 76.8. The number of rotatable bonds is 20. The van der Waals surface area contributed by atoms with E-state index in [0.717, 1.165) is 131 Å². The molecular weight excluding hydrogens is 1470 g/mol. The van der Waals surface area contributed by atoms with E-state index in [4.69, 9.17) is 24.4 Å². The Balaban J connectivity index is 0.000000130. The summed E-state index contributed by atoms with van der Waals surface area (Å²) in [6, 6.07) is 32.1. The number of likely N-dealkylation sites (N-methyl/N-ethyl adjacent to an activating group) is 1. The summed E-state index contributed by atoms with van der Waals surface area (Å²) in [5.41, 5.74) is 19.3. The van der Waals surface area contributed by atoms with Crippen molar-refractivity contribution in [2.75, 3.05) is 104 Å². The van der Waals surface area contributed by atoms with Gasteiger partial charge in [-0.3, -0.25) is 32.4 Å². The fourth-order valence-electron chi connectivity index (χ4n) is 16.8. The van der Waals surface area contributed by atoms with Gasteiger partial charge < -0.3 is 65.9 Å². The number of hydrogen-bond acceptors (Lipinski definition) is 19. The minimum absolute atomic E-state index is 0.0806. The van der Waals surface area contributed by atoms with Crippen molar-refractivity contribution in [1.82, 2.24) is 78.7 Å². The molecule has 26 nitrogen and oxygen atoms in total. The van der Waals surface area contributed by atoms with Gasteiger partial charge in [-0.15, -0.1) is 0 Å². The maximum absolute atomic E-state index is 13.7. The maximum atomic E-state index is 13.7. The molecule has 1 saturated heterocycles. The molecule has 4 amide bonds. The standard InChI is InChI=1S/2C29H31FN6O2.C28H29FN8O2/c2*1-35(2)16-24-20(17-4-5-19(12-17)38-3)7-9-26(34-24)33-23-8-6-21(22-14-32-29(37)28(22)23)25-15-31-27-13-18(30)10-11-36(25)27;1-34(2)15-21-22(36-11-10-35(3)26(38)16-36)6-7-24(33-21)32-20-5-4-18(19-13-31-28(39)27(19)20)23-14-30-25-12-17(29)8-9-37(23)25/h2*6-11,13,15,17,19H,4-5,12,14,16H2,1-3H3,(H,32,37)(H,33,34);4-9,12,14H,10-11,13,15-16H2,1-3H3,(H,31,39)(H,32,33)/t17?,19-;17-,19-;/m01./s1. The zero-order valence-electron chi connectivity index (χ0n) is 65.6. The molecule has 3 fully saturated rings. The molecule has 0 bridgehead atoms. The van der Waals surface area contributed by atoms with Crippen LogP contribution in [0.15, 0.2) is 146 Å². The van der Waals surface area contributed by atoms with Crippen LogP contribution in [0.4, 0.5) is 53.4 Å². The van der Waals surface area contributed by atoms with Gasteiger partial charge in [0.1, 0.15) is 51.8 Å². The smallest absolute Gasteiger partial charge is 0.254 e. The third-order valence-electron chi connectivity index (χ3n) is 22.4. The fraction of sp³-hybridized carbons (Fsp3) is 0.326. The molecule has 4 aliphatic heterocycles. The monoisotopic (exact) mass is 1560 g/mol. The van der Waals surface area contributed by atoms with Crippen molar-refractivity contribution in [2.45, 2.75) is 102 Å². The van der Waals surface area contributed by atoms with Crippen molar-refractivity contribution in [1.29, 1.82) is 0 Å². The summed E-state index contributed by atoms with van der Waals surface area (Å²) in [5.74, 6) is 1.49. The van der Waals surface area contributed by atoms with Crippen LogP contribution in [-0.2, 0) is 53.5 Å². The molecule has 18 rings (SSSR count). The first-order valence-electron chi connectivity index (χ1n) is 38.6. The highest BCUT2D eigenvalue weighted by Crippen LogP contribution is 2.43. The Morgan fingerprint density at radius 3 is 1.18 bits per heavy atom. The topological polar surface area (TPSA) is 266 Å². The number of fused-ring (bicyclic) bond motifs is 6. The highest BCUT2D eigenvalue weighted by molar-refractivity contribution is 6.08. The lowest BCUT2D eigenvalue weighted by Crippen LogP contribution is -2.49. The second-order valence-electron chi connectivity index (χ2n) is 30.9. The number of ether oxygens (including phenoxy) is 2. The van der Waals surface area contributed by atoms with Crippen LogP contribution in [0.3, 0.4) is 0 Å². The predicted molar refractivity (Wildman–Crippen MR) is 435 cm³/mol. The number of amides is 4. The molecule has 2 aliphatic carbocycles. The molecule has 13 heterocycles. The summed E-state index contributed by atoms with van der Waals surface area (Å²) >= 11 is 0.